The van der Waals surface area contributed by atoms with Crippen molar-refractivity contribution in [1.82, 2.24) is 0 Å². The molecular weight excluding hydrogens is 636 g/mol. The number of hydrogen-bond acceptors (Lipinski definition) is 5. The zero-order valence-electron chi connectivity index (χ0n) is 14.3. The molecule has 0 spiro atoms. The number of esters is 1. The zero-order chi connectivity index (χ0) is 20.7. The lowest BCUT2D eigenvalue weighted by atomic mass is 10.0. The van der Waals surface area contributed by atoms with Gasteiger partial charge in [0.2, 0.25) is 0 Å². The summed E-state index contributed by atoms with van der Waals surface area (Å²) in [5.41, 5.74) is 0.915. The molecule has 2 aromatic rings. The van der Waals surface area contributed by atoms with Crippen LogP contribution in [0.4, 0.5) is 0 Å². The normalized spacial score (nSPS) is 11.7. The molecule has 0 saturated carbocycles. The predicted octanol–water partition coefficient (Wildman–Crippen LogP) is 6.29. The predicted molar refractivity (Wildman–Crippen MR) is 115 cm³/mol. The Morgan fingerprint density at radius 3 is 2.00 bits per heavy atom. The van der Waals surface area contributed by atoms with Gasteiger partial charge in [-0.25, -0.2) is 13.2 Å². The largest absolute Gasteiger partial charge is 0.744 e. The van der Waals surface area contributed by atoms with E-state index >= 15 is 0 Å². The van der Waals surface area contributed by atoms with Crippen LogP contribution >= 0.6 is 63.7 Å². The van der Waals surface area contributed by atoms with Gasteiger partial charge in [0.15, 0.2) is 0 Å². The first-order valence-corrected chi connectivity index (χ1v) is 12.1. The van der Waals surface area contributed by atoms with Crippen molar-refractivity contribution in [1.29, 1.82) is 0 Å². The maximum Gasteiger partial charge on any atom is 0.345 e. The second kappa shape index (κ2) is 8.62. The van der Waals surface area contributed by atoms with Crippen LogP contribution in [0.15, 0.2) is 41.0 Å². The van der Waals surface area contributed by atoms with Crippen LogP contribution in [0.3, 0.4) is 0 Å². The first-order chi connectivity index (χ1) is 12.3. The summed E-state index contributed by atoms with van der Waals surface area (Å²) in [4.78, 5) is 12.5. The molecule has 0 amide bonds. The quantitative estimate of drug-likeness (QED) is 0.168. The third kappa shape index (κ3) is 5.02. The number of ether oxygens (including phenoxy) is 1. The Bertz CT molecular complexity index is 1010. The Morgan fingerprint density at radius 2 is 1.56 bits per heavy atom. The molecule has 0 fully saturated rings. The number of carbonyl (C=O) groups is 1. The molecule has 0 N–H and O–H groups in total. The number of aryl methyl sites for hydroxylation is 1. The molecule has 0 aliphatic rings. The molecule has 0 radical (unpaired) electrons. The Balaban J connectivity index is 2.56. The lowest BCUT2D eigenvalue weighted by molar-refractivity contribution is 0.0731. The van der Waals surface area contributed by atoms with E-state index < -0.39 is 16.1 Å². The molecular formula is C17H13Br4O5S-. The lowest BCUT2D eigenvalue weighted by Crippen LogP contribution is -2.13. The number of benzene rings is 2. The van der Waals surface area contributed by atoms with Crippen molar-refractivity contribution in [2.24, 2.45) is 0 Å². The summed E-state index contributed by atoms with van der Waals surface area (Å²) in [6.07, 6.45) is 0. The van der Waals surface area contributed by atoms with Crippen LogP contribution in [0.5, 0.6) is 5.75 Å². The molecule has 5 nitrogen and oxygen atoms in total. The van der Waals surface area contributed by atoms with Crippen molar-refractivity contribution in [3.63, 3.8) is 0 Å². The average Bonchev–Trinajstić information content (AvgIpc) is 2.53. The van der Waals surface area contributed by atoms with Gasteiger partial charge >= 0.3 is 5.97 Å². The average molecular weight is 649 g/mol. The van der Waals surface area contributed by atoms with E-state index in [0.717, 1.165) is 0 Å². The van der Waals surface area contributed by atoms with Gasteiger partial charge in [0, 0.05) is 17.9 Å². The lowest BCUT2D eigenvalue weighted by Gasteiger charge is -2.19. The van der Waals surface area contributed by atoms with Crippen molar-refractivity contribution < 1.29 is 22.5 Å². The second-order valence-electron chi connectivity index (χ2n) is 6.00. The van der Waals surface area contributed by atoms with Crippen LogP contribution in [0.2, 0.25) is 0 Å². The fraction of sp³-hybridized carbons (Fsp3) is 0.235. The highest BCUT2D eigenvalue weighted by molar-refractivity contribution is 9.14. The van der Waals surface area contributed by atoms with Gasteiger partial charge in [0.1, 0.15) is 15.9 Å². The summed E-state index contributed by atoms with van der Waals surface area (Å²) in [6.45, 7) is 5.08. The molecule has 10 heteroatoms. The summed E-state index contributed by atoms with van der Waals surface area (Å²) in [7, 11) is -4.64. The number of rotatable bonds is 4. The van der Waals surface area contributed by atoms with Gasteiger partial charge in [-0.05, 0) is 106 Å². The van der Waals surface area contributed by atoms with Crippen LogP contribution in [0.25, 0.3) is 0 Å². The van der Waals surface area contributed by atoms with Crippen molar-refractivity contribution >= 4 is 79.8 Å². The molecule has 0 atom stereocenters. The van der Waals surface area contributed by atoms with E-state index in [4.69, 9.17) is 4.74 Å². The van der Waals surface area contributed by atoms with E-state index in [1.54, 1.807) is 26.8 Å². The van der Waals surface area contributed by atoms with Gasteiger partial charge in [0.05, 0.1) is 10.5 Å². The van der Waals surface area contributed by atoms with Gasteiger partial charge in [-0.2, -0.15) is 0 Å². The van der Waals surface area contributed by atoms with Crippen LogP contribution in [-0.4, -0.2) is 18.9 Å². The maximum absolute atomic E-state index is 12.8. The van der Waals surface area contributed by atoms with Crippen molar-refractivity contribution in [3.05, 3.63) is 52.8 Å². The molecule has 0 aromatic heterocycles. The highest BCUT2D eigenvalue weighted by Crippen LogP contribution is 2.39. The van der Waals surface area contributed by atoms with Gasteiger partial charge in [-0.3, -0.25) is 0 Å². The van der Waals surface area contributed by atoms with Crippen LogP contribution in [0.1, 0.15) is 41.3 Å². The van der Waals surface area contributed by atoms with Crippen LogP contribution in [-0.2, 0) is 10.1 Å². The number of halogens is 4. The highest BCUT2D eigenvalue weighted by atomic mass is 79.9. The zero-order valence-corrected chi connectivity index (χ0v) is 21.4. The minimum Gasteiger partial charge on any atom is -0.744 e. The van der Waals surface area contributed by atoms with Crippen LogP contribution < -0.4 is 4.74 Å². The van der Waals surface area contributed by atoms with Gasteiger partial charge in [0.25, 0.3) is 0 Å². The molecule has 0 unspecified atom stereocenters. The smallest absolute Gasteiger partial charge is 0.345 e. The Kier molecular flexibility index (Phi) is 7.35. The van der Waals surface area contributed by atoms with E-state index in [9.17, 15) is 17.8 Å². The monoisotopic (exact) mass is 645 g/mol. The molecule has 27 heavy (non-hydrogen) atoms. The van der Waals surface area contributed by atoms with Crippen molar-refractivity contribution in [3.8, 4) is 5.75 Å². The van der Waals surface area contributed by atoms with Gasteiger partial charge in [-0.15, -0.1) is 0 Å². The molecule has 0 saturated heterocycles. The standard InChI is InChI=1S/C17H14Br4O5S/c1-7(2)9-5-12(8(3)4-13(9)27(23,24)25)26-17(22)14-15(20)10(18)6-11(19)16(14)21/h4-7H,1-3H3,(H,23,24,25)/p-1. The topological polar surface area (TPSA) is 83.5 Å². The molecule has 146 valence electrons. The summed E-state index contributed by atoms with van der Waals surface area (Å²) in [5.74, 6) is -0.711. The van der Waals surface area contributed by atoms with Crippen LogP contribution in [0, 0.1) is 6.92 Å². The van der Waals surface area contributed by atoms with E-state index in [-0.39, 0.29) is 22.1 Å². The van der Waals surface area contributed by atoms with Crippen molar-refractivity contribution in [2.45, 2.75) is 31.6 Å². The fourth-order valence-electron chi connectivity index (χ4n) is 2.36. The maximum atomic E-state index is 12.8. The second-order valence-corrected chi connectivity index (χ2v) is 10.6. The minimum absolute atomic E-state index is 0.186. The van der Waals surface area contributed by atoms with Gasteiger partial charge in [-0.1, -0.05) is 13.8 Å². The third-order valence-electron chi connectivity index (χ3n) is 3.72. The van der Waals surface area contributed by atoms with E-state index in [1.165, 1.54) is 12.1 Å². The minimum atomic E-state index is -4.64. The Morgan fingerprint density at radius 1 is 1.04 bits per heavy atom. The summed E-state index contributed by atoms with van der Waals surface area (Å²) in [6, 6.07) is 4.43. The number of carbonyl (C=O) groups excluding carboxylic acids is 1. The third-order valence-corrected chi connectivity index (χ3v) is 8.57. The Hall–Kier alpha value is -0.260. The molecule has 0 bridgehead atoms. The van der Waals surface area contributed by atoms with E-state index in [2.05, 4.69) is 63.7 Å². The van der Waals surface area contributed by atoms with Gasteiger partial charge < -0.3 is 9.29 Å². The molecule has 2 rings (SSSR count). The SMILES string of the molecule is Cc1cc(S(=O)(=O)[O-])c(C(C)C)cc1OC(=O)c1c(Br)c(Br)cc(Br)c1Br. The molecule has 0 heterocycles. The Labute approximate surface area is 191 Å². The first kappa shape index (κ1) is 23.0. The molecule has 0 aliphatic carbocycles. The van der Waals surface area contributed by atoms with Crippen molar-refractivity contribution in [2.75, 3.05) is 0 Å². The first-order valence-electron chi connectivity index (χ1n) is 7.50. The highest BCUT2D eigenvalue weighted by Gasteiger charge is 2.23. The summed E-state index contributed by atoms with van der Waals surface area (Å²) >= 11 is 13.4. The fourth-order valence-corrected chi connectivity index (χ4v) is 5.64. The van der Waals surface area contributed by atoms with E-state index in [1.807, 2.05) is 0 Å². The van der Waals surface area contributed by atoms with E-state index in [0.29, 0.717) is 29.0 Å². The molecule has 2 aromatic carbocycles. The summed E-state index contributed by atoms with van der Waals surface area (Å²) < 4.78 is 42.5. The molecule has 0 aliphatic heterocycles. The summed E-state index contributed by atoms with van der Waals surface area (Å²) in [5, 5.41) is 0. The number of hydrogen-bond donors (Lipinski definition) is 0.